The van der Waals surface area contributed by atoms with E-state index in [-0.39, 0.29) is 25.7 Å². The SMILES string of the molecule is Cn1cnc(CNC(=O)N2CCOC(C(=O)O)C2)n1. The number of nitrogens with one attached hydrogen (secondary N) is 1. The van der Waals surface area contributed by atoms with Crippen molar-refractivity contribution in [1.82, 2.24) is 25.0 Å². The zero-order valence-electron chi connectivity index (χ0n) is 10.4. The molecule has 1 atom stereocenters. The third-order valence-electron chi connectivity index (χ3n) is 2.67. The first-order valence-electron chi connectivity index (χ1n) is 5.78. The lowest BCUT2D eigenvalue weighted by Gasteiger charge is -2.30. The number of morpholine rings is 1. The minimum Gasteiger partial charge on any atom is -0.479 e. The van der Waals surface area contributed by atoms with E-state index in [0.717, 1.165) is 0 Å². The average Bonchev–Trinajstić information content (AvgIpc) is 2.82. The highest BCUT2D eigenvalue weighted by molar-refractivity contribution is 5.77. The lowest BCUT2D eigenvalue weighted by Crippen LogP contribution is -2.51. The first-order valence-corrected chi connectivity index (χ1v) is 5.78. The standard InChI is InChI=1S/C10H15N5O4/c1-14-6-12-8(13-14)4-11-10(18)15-2-3-19-7(5-15)9(16)17/h6-7H,2-5H2,1H3,(H,11,18)(H,16,17). The van der Waals surface area contributed by atoms with E-state index >= 15 is 0 Å². The number of aliphatic carboxylic acids is 1. The Labute approximate surface area is 109 Å². The topological polar surface area (TPSA) is 110 Å². The van der Waals surface area contributed by atoms with Gasteiger partial charge in [-0.3, -0.25) is 4.68 Å². The van der Waals surface area contributed by atoms with Crippen LogP contribution >= 0.6 is 0 Å². The third kappa shape index (κ3) is 3.41. The summed E-state index contributed by atoms with van der Waals surface area (Å²) in [4.78, 5) is 28.0. The number of urea groups is 1. The van der Waals surface area contributed by atoms with E-state index in [1.807, 2.05) is 0 Å². The first-order chi connectivity index (χ1) is 9.06. The fourth-order valence-electron chi connectivity index (χ4n) is 1.71. The van der Waals surface area contributed by atoms with Gasteiger partial charge < -0.3 is 20.1 Å². The molecule has 0 aliphatic carbocycles. The van der Waals surface area contributed by atoms with E-state index in [2.05, 4.69) is 15.4 Å². The molecule has 19 heavy (non-hydrogen) atoms. The van der Waals surface area contributed by atoms with Crippen molar-refractivity contribution in [3.05, 3.63) is 12.2 Å². The van der Waals surface area contributed by atoms with E-state index in [1.165, 1.54) is 15.9 Å². The predicted octanol–water partition coefficient (Wildman–Crippen LogP) is -1.19. The largest absolute Gasteiger partial charge is 0.479 e. The van der Waals surface area contributed by atoms with E-state index in [1.54, 1.807) is 7.05 Å². The highest BCUT2D eigenvalue weighted by Gasteiger charge is 2.28. The number of hydrogen-bond donors (Lipinski definition) is 2. The summed E-state index contributed by atoms with van der Waals surface area (Å²) in [6, 6.07) is -0.345. The number of hydrogen-bond acceptors (Lipinski definition) is 5. The van der Waals surface area contributed by atoms with Gasteiger partial charge in [0.1, 0.15) is 6.33 Å². The van der Waals surface area contributed by atoms with Gasteiger partial charge in [-0.15, -0.1) is 0 Å². The quantitative estimate of drug-likeness (QED) is 0.714. The number of carbonyl (C=O) groups excluding carboxylic acids is 1. The maximum atomic E-state index is 11.9. The molecule has 1 fully saturated rings. The van der Waals surface area contributed by atoms with Crippen LogP contribution in [-0.2, 0) is 23.1 Å². The molecule has 9 heteroatoms. The van der Waals surface area contributed by atoms with Crippen LogP contribution in [0, 0.1) is 0 Å². The van der Waals surface area contributed by atoms with Crippen LogP contribution in [0.4, 0.5) is 4.79 Å². The summed E-state index contributed by atoms with van der Waals surface area (Å²) in [6.07, 6.45) is 0.573. The highest BCUT2D eigenvalue weighted by atomic mass is 16.5. The number of carbonyl (C=O) groups is 2. The van der Waals surface area contributed by atoms with Gasteiger partial charge in [-0.25, -0.2) is 14.6 Å². The van der Waals surface area contributed by atoms with Gasteiger partial charge in [0.2, 0.25) is 0 Å². The zero-order chi connectivity index (χ0) is 13.8. The van der Waals surface area contributed by atoms with Crippen molar-refractivity contribution in [2.24, 2.45) is 7.05 Å². The van der Waals surface area contributed by atoms with Crippen molar-refractivity contribution >= 4 is 12.0 Å². The molecule has 0 saturated carbocycles. The van der Waals surface area contributed by atoms with Gasteiger partial charge in [0, 0.05) is 13.6 Å². The molecule has 1 aromatic heterocycles. The molecule has 1 unspecified atom stereocenters. The summed E-state index contributed by atoms with van der Waals surface area (Å²) >= 11 is 0. The van der Waals surface area contributed by atoms with Crippen LogP contribution in [0.3, 0.4) is 0 Å². The molecule has 2 N–H and O–H groups in total. The number of aromatic nitrogens is 3. The van der Waals surface area contributed by atoms with Crippen molar-refractivity contribution in [3.63, 3.8) is 0 Å². The van der Waals surface area contributed by atoms with Gasteiger partial charge in [0.05, 0.1) is 19.7 Å². The van der Waals surface area contributed by atoms with Gasteiger partial charge in [0.15, 0.2) is 11.9 Å². The number of rotatable bonds is 3. The number of carboxylic acid groups (broad SMARTS) is 1. The lowest BCUT2D eigenvalue weighted by atomic mass is 10.3. The Morgan fingerprint density at radius 1 is 1.63 bits per heavy atom. The smallest absolute Gasteiger partial charge is 0.334 e. The van der Waals surface area contributed by atoms with Crippen LogP contribution in [-0.4, -0.2) is 62.6 Å². The van der Waals surface area contributed by atoms with Crippen molar-refractivity contribution in [3.8, 4) is 0 Å². The lowest BCUT2D eigenvalue weighted by molar-refractivity contribution is -0.154. The Morgan fingerprint density at radius 3 is 3.05 bits per heavy atom. The molecule has 2 heterocycles. The molecule has 0 radical (unpaired) electrons. The van der Waals surface area contributed by atoms with E-state index in [0.29, 0.717) is 12.4 Å². The van der Waals surface area contributed by atoms with Gasteiger partial charge in [-0.05, 0) is 0 Å². The normalized spacial score (nSPS) is 19.2. The Morgan fingerprint density at radius 2 is 2.42 bits per heavy atom. The van der Waals surface area contributed by atoms with Gasteiger partial charge in [0.25, 0.3) is 0 Å². The third-order valence-corrected chi connectivity index (χ3v) is 2.67. The summed E-state index contributed by atoms with van der Waals surface area (Å²) in [6.45, 7) is 0.822. The maximum Gasteiger partial charge on any atom is 0.334 e. The van der Waals surface area contributed by atoms with Crippen molar-refractivity contribution < 1.29 is 19.4 Å². The molecule has 1 aliphatic heterocycles. The summed E-state index contributed by atoms with van der Waals surface area (Å²) < 4.78 is 6.58. The number of nitrogens with zero attached hydrogens (tertiary/aromatic N) is 4. The minimum absolute atomic E-state index is 0.0385. The van der Waals surface area contributed by atoms with Gasteiger partial charge >= 0.3 is 12.0 Å². The molecule has 0 bridgehead atoms. The summed E-state index contributed by atoms with van der Waals surface area (Å²) in [5.74, 6) is -0.567. The van der Waals surface area contributed by atoms with Crippen molar-refractivity contribution in [2.75, 3.05) is 19.7 Å². The molecule has 1 aromatic rings. The predicted molar refractivity (Wildman–Crippen MR) is 62.2 cm³/mol. The molecule has 1 aliphatic rings. The second kappa shape index (κ2) is 5.65. The highest BCUT2D eigenvalue weighted by Crippen LogP contribution is 2.05. The van der Waals surface area contributed by atoms with E-state index in [9.17, 15) is 9.59 Å². The van der Waals surface area contributed by atoms with Crippen LogP contribution in [0.2, 0.25) is 0 Å². The first kappa shape index (κ1) is 13.3. The number of carboxylic acids is 1. The van der Waals surface area contributed by atoms with Crippen LogP contribution in [0.5, 0.6) is 0 Å². The second-order valence-electron chi connectivity index (χ2n) is 4.14. The summed E-state index contributed by atoms with van der Waals surface area (Å²) in [5, 5.41) is 15.5. The summed E-state index contributed by atoms with van der Waals surface area (Å²) in [5.41, 5.74) is 0. The van der Waals surface area contributed by atoms with Crippen LogP contribution in [0.25, 0.3) is 0 Å². The molecular formula is C10H15N5O4. The number of ether oxygens (including phenoxy) is 1. The van der Waals surface area contributed by atoms with Crippen molar-refractivity contribution in [1.29, 1.82) is 0 Å². The molecule has 2 rings (SSSR count). The molecule has 2 amide bonds. The Kier molecular flexibility index (Phi) is 3.95. The second-order valence-corrected chi connectivity index (χ2v) is 4.14. The fraction of sp³-hybridized carbons (Fsp3) is 0.600. The Balaban J connectivity index is 1.84. The average molecular weight is 269 g/mol. The fourth-order valence-corrected chi connectivity index (χ4v) is 1.71. The maximum absolute atomic E-state index is 11.9. The molecule has 9 nitrogen and oxygen atoms in total. The molecule has 0 spiro atoms. The van der Waals surface area contributed by atoms with E-state index in [4.69, 9.17) is 9.84 Å². The monoisotopic (exact) mass is 269 g/mol. The zero-order valence-corrected chi connectivity index (χ0v) is 10.4. The van der Waals surface area contributed by atoms with Gasteiger partial charge in [-0.1, -0.05) is 0 Å². The van der Waals surface area contributed by atoms with Crippen LogP contribution < -0.4 is 5.32 Å². The molecule has 1 saturated heterocycles. The number of amides is 2. The minimum atomic E-state index is -1.07. The van der Waals surface area contributed by atoms with Crippen LogP contribution in [0.1, 0.15) is 5.82 Å². The van der Waals surface area contributed by atoms with Gasteiger partial charge in [-0.2, -0.15) is 5.10 Å². The van der Waals surface area contributed by atoms with Crippen molar-refractivity contribution in [2.45, 2.75) is 12.6 Å². The van der Waals surface area contributed by atoms with E-state index < -0.39 is 12.1 Å². The Bertz CT molecular complexity index is 474. The molecular weight excluding hydrogens is 254 g/mol. The molecule has 0 aromatic carbocycles. The molecule has 104 valence electrons. The Hall–Kier alpha value is -2.16. The van der Waals surface area contributed by atoms with Crippen LogP contribution in [0.15, 0.2) is 6.33 Å². The summed E-state index contributed by atoms with van der Waals surface area (Å²) in [7, 11) is 1.73. The number of aryl methyl sites for hydroxylation is 1.